The van der Waals surface area contributed by atoms with Crippen LogP contribution in [0.5, 0.6) is 5.88 Å². The van der Waals surface area contributed by atoms with Gasteiger partial charge in [0.15, 0.2) is 0 Å². The Labute approximate surface area is 147 Å². The number of rotatable bonds is 3. The van der Waals surface area contributed by atoms with Crippen LogP contribution in [0.3, 0.4) is 0 Å². The average molecular weight is 337 g/mol. The van der Waals surface area contributed by atoms with E-state index >= 15 is 0 Å². The Bertz CT molecular complexity index is 934. The monoisotopic (exact) mass is 337 g/mol. The third-order valence-corrected chi connectivity index (χ3v) is 4.70. The van der Waals surface area contributed by atoms with Crippen molar-refractivity contribution in [1.82, 2.24) is 15.3 Å². The van der Waals surface area contributed by atoms with Gasteiger partial charge in [0.1, 0.15) is 5.82 Å². The molecule has 3 heterocycles. The number of nitrogens with zero attached hydrogens (tertiary/aromatic N) is 3. The van der Waals surface area contributed by atoms with Crippen LogP contribution in [0.1, 0.15) is 12.6 Å². The molecule has 0 unspecified atom stereocenters. The van der Waals surface area contributed by atoms with Crippen LogP contribution in [0.4, 0.5) is 11.5 Å². The van der Waals surface area contributed by atoms with Crippen molar-refractivity contribution in [3.8, 4) is 5.88 Å². The molecule has 3 aromatic rings. The van der Waals surface area contributed by atoms with Crippen molar-refractivity contribution in [2.45, 2.75) is 13.8 Å². The number of hydrogen-bond acceptors (Lipinski definition) is 6. The second-order valence-electron chi connectivity index (χ2n) is 6.29. The van der Waals surface area contributed by atoms with E-state index in [2.05, 4.69) is 21.3 Å². The number of aromatic nitrogens is 2. The number of ether oxygens (including phenoxy) is 1. The smallest absolute Gasteiger partial charge is 0.225 e. The molecule has 6 heteroatoms. The molecule has 0 aliphatic carbocycles. The largest absolute Gasteiger partial charge is 0.477 e. The van der Waals surface area contributed by atoms with Gasteiger partial charge in [0.2, 0.25) is 5.88 Å². The first-order valence-electron chi connectivity index (χ1n) is 8.77. The number of para-hydroxylation sites is 1. The standard InChI is InChI=1S/C19H23N5O/c1-3-25-19-16-15(13-6-4-5-7-14(13)23-19)17(12(2)22-18(16)20)24-10-8-21-9-11-24/h4-7,21H,3,8-11H2,1-2H3,(H2,20,22). The normalized spacial score (nSPS) is 15.0. The molecule has 1 fully saturated rings. The van der Waals surface area contributed by atoms with Crippen LogP contribution in [-0.2, 0) is 0 Å². The number of fused-ring (bicyclic) bond motifs is 3. The number of nitrogens with two attached hydrogens (primary N) is 1. The zero-order valence-corrected chi connectivity index (χ0v) is 14.7. The lowest BCUT2D eigenvalue weighted by Crippen LogP contribution is -2.44. The lowest BCUT2D eigenvalue weighted by Gasteiger charge is -2.32. The summed E-state index contributed by atoms with van der Waals surface area (Å²) in [5.41, 5.74) is 9.33. The van der Waals surface area contributed by atoms with Gasteiger partial charge in [0.05, 0.1) is 28.9 Å². The van der Waals surface area contributed by atoms with E-state index in [0.29, 0.717) is 18.3 Å². The summed E-state index contributed by atoms with van der Waals surface area (Å²) < 4.78 is 5.83. The molecular weight excluding hydrogens is 314 g/mol. The lowest BCUT2D eigenvalue weighted by molar-refractivity contribution is 0.332. The maximum Gasteiger partial charge on any atom is 0.225 e. The fourth-order valence-corrected chi connectivity index (χ4v) is 3.66. The number of piperazine rings is 1. The van der Waals surface area contributed by atoms with E-state index < -0.39 is 0 Å². The summed E-state index contributed by atoms with van der Waals surface area (Å²) in [7, 11) is 0. The number of pyridine rings is 2. The summed E-state index contributed by atoms with van der Waals surface area (Å²) in [5, 5.41) is 6.42. The summed E-state index contributed by atoms with van der Waals surface area (Å²) in [5.74, 6) is 1.05. The maximum atomic E-state index is 6.32. The Kier molecular flexibility index (Phi) is 4.05. The lowest BCUT2D eigenvalue weighted by atomic mass is 10.0. The van der Waals surface area contributed by atoms with Gasteiger partial charge in [0, 0.05) is 37.0 Å². The van der Waals surface area contributed by atoms with E-state index in [1.54, 1.807) is 0 Å². The highest BCUT2D eigenvalue weighted by atomic mass is 16.5. The van der Waals surface area contributed by atoms with Gasteiger partial charge in [-0.05, 0) is 19.9 Å². The molecule has 0 bridgehead atoms. The topological polar surface area (TPSA) is 76.3 Å². The van der Waals surface area contributed by atoms with E-state index in [0.717, 1.165) is 59.2 Å². The van der Waals surface area contributed by atoms with E-state index in [9.17, 15) is 0 Å². The molecule has 25 heavy (non-hydrogen) atoms. The highest BCUT2D eigenvalue weighted by molar-refractivity contribution is 6.17. The maximum absolute atomic E-state index is 6.32. The van der Waals surface area contributed by atoms with Gasteiger partial charge in [-0.3, -0.25) is 0 Å². The summed E-state index contributed by atoms with van der Waals surface area (Å²) in [6.07, 6.45) is 0. The minimum Gasteiger partial charge on any atom is -0.477 e. The van der Waals surface area contributed by atoms with Crippen LogP contribution in [-0.4, -0.2) is 42.8 Å². The molecule has 0 amide bonds. The number of hydrogen-bond donors (Lipinski definition) is 2. The molecule has 1 aliphatic heterocycles. The molecule has 1 saturated heterocycles. The average Bonchev–Trinajstić information content (AvgIpc) is 2.62. The van der Waals surface area contributed by atoms with E-state index in [-0.39, 0.29) is 0 Å². The molecule has 4 rings (SSSR count). The van der Waals surface area contributed by atoms with E-state index in [4.69, 9.17) is 15.5 Å². The quantitative estimate of drug-likeness (QED) is 0.715. The zero-order valence-electron chi connectivity index (χ0n) is 14.7. The van der Waals surface area contributed by atoms with Crippen LogP contribution in [0.2, 0.25) is 0 Å². The van der Waals surface area contributed by atoms with Crippen molar-refractivity contribution in [1.29, 1.82) is 0 Å². The van der Waals surface area contributed by atoms with Crippen molar-refractivity contribution >= 4 is 33.2 Å². The fourth-order valence-electron chi connectivity index (χ4n) is 3.66. The predicted octanol–water partition coefficient (Wildman–Crippen LogP) is 2.48. The molecule has 0 atom stereocenters. The van der Waals surface area contributed by atoms with Gasteiger partial charge < -0.3 is 20.7 Å². The van der Waals surface area contributed by atoms with Crippen molar-refractivity contribution in [3.05, 3.63) is 30.0 Å². The minimum atomic E-state index is 0.480. The van der Waals surface area contributed by atoms with Gasteiger partial charge in [-0.25, -0.2) is 9.97 Å². The zero-order chi connectivity index (χ0) is 17.4. The highest BCUT2D eigenvalue weighted by Crippen LogP contribution is 2.41. The van der Waals surface area contributed by atoms with Crippen molar-refractivity contribution in [2.24, 2.45) is 0 Å². The molecule has 6 nitrogen and oxygen atoms in total. The van der Waals surface area contributed by atoms with Gasteiger partial charge >= 0.3 is 0 Å². The molecule has 1 aliphatic rings. The van der Waals surface area contributed by atoms with Gasteiger partial charge in [-0.2, -0.15) is 0 Å². The van der Waals surface area contributed by atoms with Crippen LogP contribution < -0.4 is 20.7 Å². The van der Waals surface area contributed by atoms with E-state index in [1.807, 2.05) is 32.0 Å². The number of nitrogen functional groups attached to an aromatic ring is 1. The Morgan fingerprint density at radius 3 is 2.68 bits per heavy atom. The second-order valence-corrected chi connectivity index (χ2v) is 6.29. The third-order valence-electron chi connectivity index (χ3n) is 4.70. The van der Waals surface area contributed by atoms with Crippen LogP contribution in [0.25, 0.3) is 21.7 Å². The van der Waals surface area contributed by atoms with Crippen molar-refractivity contribution < 1.29 is 4.74 Å². The highest BCUT2D eigenvalue weighted by Gasteiger charge is 2.23. The molecule has 2 aromatic heterocycles. The van der Waals surface area contributed by atoms with E-state index in [1.165, 1.54) is 0 Å². The first-order chi connectivity index (χ1) is 12.2. The number of aryl methyl sites for hydroxylation is 1. The molecule has 0 radical (unpaired) electrons. The van der Waals surface area contributed by atoms with Crippen LogP contribution in [0.15, 0.2) is 24.3 Å². The SMILES string of the molecule is CCOc1nc2ccccc2c2c(N3CCNCC3)c(C)nc(N)c12. The summed E-state index contributed by atoms with van der Waals surface area (Å²) in [6.45, 7) is 8.35. The fraction of sp³-hybridized carbons (Fsp3) is 0.368. The number of benzene rings is 1. The molecular formula is C19H23N5O. The molecule has 0 saturated carbocycles. The summed E-state index contributed by atoms with van der Waals surface area (Å²) in [4.78, 5) is 11.7. The first kappa shape index (κ1) is 15.9. The number of anilines is 2. The summed E-state index contributed by atoms with van der Waals surface area (Å²) in [6, 6.07) is 8.16. The number of nitrogens with one attached hydrogen (secondary N) is 1. The summed E-state index contributed by atoms with van der Waals surface area (Å²) >= 11 is 0. The first-order valence-corrected chi connectivity index (χ1v) is 8.77. The van der Waals surface area contributed by atoms with Crippen molar-refractivity contribution in [3.63, 3.8) is 0 Å². The molecule has 0 spiro atoms. The second kappa shape index (κ2) is 6.37. The van der Waals surface area contributed by atoms with Crippen LogP contribution in [0, 0.1) is 6.92 Å². The van der Waals surface area contributed by atoms with Gasteiger partial charge in [0.25, 0.3) is 0 Å². The molecule has 3 N–H and O–H groups in total. The Morgan fingerprint density at radius 2 is 1.92 bits per heavy atom. The Morgan fingerprint density at radius 1 is 1.16 bits per heavy atom. The van der Waals surface area contributed by atoms with Gasteiger partial charge in [-0.1, -0.05) is 18.2 Å². The van der Waals surface area contributed by atoms with Crippen LogP contribution >= 0.6 is 0 Å². The van der Waals surface area contributed by atoms with Crippen molar-refractivity contribution in [2.75, 3.05) is 43.4 Å². The molecule has 1 aromatic carbocycles. The van der Waals surface area contributed by atoms with Gasteiger partial charge in [-0.15, -0.1) is 0 Å². The Hall–Kier alpha value is -2.60. The third kappa shape index (κ3) is 2.62. The Balaban J connectivity index is 2.13. The minimum absolute atomic E-state index is 0.480. The predicted molar refractivity (Wildman–Crippen MR) is 102 cm³/mol. The molecule has 130 valence electrons.